The van der Waals surface area contributed by atoms with Gasteiger partial charge in [-0.3, -0.25) is 4.79 Å². The molecular weight excluding hydrogens is 243 g/mol. The molecule has 88 valence electrons. The van der Waals surface area contributed by atoms with Gasteiger partial charge in [-0.25, -0.2) is 4.39 Å². The highest BCUT2D eigenvalue weighted by molar-refractivity contribution is 6.30. The average molecular weight is 253 g/mol. The summed E-state index contributed by atoms with van der Waals surface area (Å²) in [7, 11) is 0. The minimum absolute atomic E-state index is 0.0513. The lowest BCUT2D eigenvalue weighted by atomic mass is 10.1. The second-order valence-electron chi connectivity index (χ2n) is 3.78. The topological polar surface area (TPSA) is 30.2 Å². The molecule has 0 unspecified atom stereocenters. The second-order valence-corrected chi connectivity index (χ2v) is 4.19. The molecule has 17 heavy (non-hydrogen) atoms. The molecule has 1 heterocycles. The highest BCUT2D eigenvalue weighted by atomic mass is 35.5. The highest BCUT2D eigenvalue weighted by Gasteiger charge is 2.14. The van der Waals surface area contributed by atoms with Gasteiger partial charge >= 0.3 is 0 Å². The Morgan fingerprint density at radius 2 is 2.18 bits per heavy atom. The van der Waals surface area contributed by atoms with Crippen LogP contribution >= 0.6 is 11.6 Å². The van der Waals surface area contributed by atoms with Crippen molar-refractivity contribution in [2.45, 2.75) is 13.3 Å². The van der Waals surface area contributed by atoms with Crippen molar-refractivity contribution in [3.05, 3.63) is 58.3 Å². The van der Waals surface area contributed by atoms with Gasteiger partial charge in [-0.15, -0.1) is 0 Å². The van der Waals surface area contributed by atoms with Crippen molar-refractivity contribution < 1.29 is 13.6 Å². The third kappa shape index (κ3) is 2.56. The fourth-order valence-electron chi connectivity index (χ4n) is 1.57. The quantitative estimate of drug-likeness (QED) is 0.778. The van der Waals surface area contributed by atoms with Gasteiger partial charge in [-0.05, 0) is 36.2 Å². The maximum Gasteiger partial charge on any atom is 0.202 e. The lowest BCUT2D eigenvalue weighted by Gasteiger charge is -2.01. The van der Waals surface area contributed by atoms with Crippen LogP contribution in [0.2, 0.25) is 5.02 Å². The van der Waals surface area contributed by atoms with Gasteiger partial charge in [-0.1, -0.05) is 17.7 Å². The zero-order valence-corrected chi connectivity index (χ0v) is 9.92. The summed E-state index contributed by atoms with van der Waals surface area (Å²) in [5, 5.41) is 0.0513. The molecule has 0 spiro atoms. The minimum atomic E-state index is -0.520. The Hall–Kier alpha value is -1.61. The van der Waals surface area contributed by atoms with Crippen molar-refractivity contribution in [3.8, 4) is 0 Å². The standard InChI is InChI=1S/C13H10ClFO2/c1-8-4-5-17-13(8)12(16)7-9-2-3-10(14)11(15)6-9/h2-6H,7H2,1H3. The summed E-state index contributed by atoms with van der Waals surface area (Å²) >= 11 is 5.56. The molecule has 0 saturated carbocycles. The van der Waals surface area contributed by atoms with E-state index in [1.165, 1.54) is 18.4 Å². The molecule has 0 saturated heterocycles. The monoisotopic (exact) mass is 252 g/mol. The SMILES string of the molecule is Cc1ccoc1C(=O)Cc1ccc(Cl)c(F)c1. The number of carbonyl (C=O) groups is 1. The number of halogens is 2. The first-order chi connectivity index (χ1) is 8.08. The molecule has 2 aromatic rings. The van der Waals surface area contributed by atoms with Gasteiger partial charge < -0.3 is 4.42 Å². The van der Waals surface area contributed by atoms with Crippen LogP contribution in [0.3, 0.4) is 0 Å². The van der Waals surface area contributed by atoms with Crippen molar-refractivity contribution in [3.63, 3.8) is 0 Å². The van der Waals surface area contributed by atoms with Gasteiger partial charge in [-0.2, -0.15) is 0 Å². The van der Waals surface area contributed by atoms with E-state index >= 15 is 0 Å². The Labute approximate surface area is 103 Å². The van der Waals surface area contributed by atoms with Crippen molar-refractivity contribution in [2.24, 2.45) is 0 Å². The first-order valence-corrected chi connectivity index (χ1v) is 5.47. The third-order valence-electron chi connectivity index (χ3n) is 2.46. The Bertz CT molecular complexity index is 560. The van der Waals surface area contributed by atoms with Crippen LogP contribution in [-0.2, 0) is 6.42 Å². The van der Waals surface area contributed by atoms with Crippen LogP contribution in [0.1, 0.15) is 21.7 Å². The zero-order chi connectivity index (χ0) is 12.4. The summed E-state index contributed by atoms with van der Waals surface area (Å²) in [6.45, 7) is 1.79. The van der Waals surface area contributed by atoms with Crippen LogP contribution in [0.5, 0.6) is 0 Å². The highest BCUT2D eigenvalue weighted by Crippen LogP contribution is 2.18. The van der Waals surface area contributed by atoms with Crippen LogP contribution in [-0.4, -0.2) is 5.78 Å². The van der Waals surface area contributed by atoms with Crippen LogP contribution in [0, 0.1) is 12.7 Å². The molecular formula is C13H10ClFO2. The normalized spacial score (nSPS) is 10.5. The molecule has 0 radical (unpaired) electrons. The Morgan fingerprint density at radius 1 is 1.41 bits per heavy atom. The summed E-state index contributed by atoms with van der Waals surface area (Å²) in [6, 6.07) is 6.05. The number of hydrogen-bond acceptors (Lipinski definition) is 2. The van der Waals surface area contributed by atoms with Crippen LogP contribution in [0.4, 0.5) is 4.39 Å². The van der Waals surface area contributed by atoms with Gasteiger partial charge in [0, 0.05) is 6.42 Å². The smallest absolute Gasteiger partial charge is 0.202 e. The predicted octanol–water partition coefficient (Wildman–Crippen LogP) is 3.81. The lowest BCUT2D eigenvalue weighted by molar-refractivity contribution is 0.0965. The van der Waals surface area contributed by atoms with Crippen LogP contribution in [0.25, 0.3) is 0 Å². The van der Waals surface area contributed by atoms with Crippen molar-refractivity contribution in [1.29, 1.82) is 0 Å². The number of ketones is 1. The number of furan rings is 1. The Morgan fingerprint density at radius 3 is 2.76 bits per heavy atom. The molecule has 0 fully saturated rings. The van der Waals surface area contributed by atoms with E-state index in [0.717, 1.165) is 5.56 Å². The molecule has 4 heteroatoms. The minimum Gasteiger partial charge on any atom is -0.461 e. The molecule has 2 rings (SSSR count). The fourth-order valence-corrected chi connectivity index (χ4v) is 1.69. The van der Waals surface area contributed by atoms with E-state index < -0.39 is 5.82 Å². The second kappa shape index (κ2) is 4.72. The van der Waals surface area contributed by atoms with Crippen molar-refractivity contribution in [1.82, 2.24) is 0 Å². The maximum atomic E-state index is 13.2. The number of hydrogen-bond donors (Lipinski definition) is 0. The molecule has 0 aliphatic carbocycles. The Kier molecular flexibility index (Phi) is 3.29. The molecule has 0 N–H and O–H groups in total. The summed E-state index contributed by atoms with van der Waals surface area (Å²) in [4.78, 5) is 11.8. The van der Waals surface area contributed by atoms with Gasteiger partial charge in [0.2, 0.25) is 5.78 Å². The summed E-state index contributed by atoms with van der Waals surface area (Å²) in [6.07, 6.45) is 1.56. The Balaban J connectivity index is 2.19. The summed E-state index contributed by atoms with van der Waals surface area (Å²) in [5.74, 6) is -0.372. The average Bonchev–Trinajstić information content (AvgIpc) is 2.70. The van der Waals surface area contributed by atoms with E-state index in [0.29, 0.717) is 11.3 Å². The first-order valence-electron chi connectivity index (χ1n) is 5.09. The van der Waals surface area contributed by atoms with E-state index in [9.17, 15) is 9.18 Å². The number of Topliss-reactive ketones (excluding diaryl/α,β-unsaturated/α-hetero) is 1. The fraction of sp³-hybridized carbons (Fsp3) is 0.154. The summed E-state index contributed by atoms with van der Waals surface area (Å²) < 4.78 is 18.3. The van der Waals surface area contributed by atoms with E-state index in [2.05, 4.69) is 0 Å². The molecule has 2 nitrogen and oxygen atoms in total. The van der Waals surface area contributed by atoms with E-state index in [4.69, 9.17) is 16.0 Å². The zero-order valence-electron chi connectivity index (χ0n) is 9.17. The summed E-state index contributed by atoms with van der Waals surface area (Å²) in [5.41, 5.74) is 1.36. The number of rotatable bonds is 3. The molecule has 1 aromatic carbocycles. The van der Waals surface area contributed by atoms with E-state index in [-0.39, 0.29) is 17.2 Å². The number of carbonyl (C=O) groups excluding carboxylic acids is 1. The molecule has 0 bridgehead atoms. The maximum absolute atomic E-state index is 13.2. The molecule has 0 aliphatic heterocycles. The number of benzene rings is 1. The van der Waals surface area contributed by atoms with E-state index in [1.807, 2.05) is 0 Å². The lowest BCUT2D eigenvalue weighted by Crippen LogP contribution is -2.04. The van der Waals surface area contributed by atoms with Gasteiger partial charge in [0.25, 0.3) is 0 Å². The third-order valence-corrected chi connectivity index (χ3v) is 2.77. The molecule has 0 amide bonds. The molecule has 1 aromatic heterocycles. The van der Waals surface area contributed by atoms with Gasteiger partial charge in [0.05, 0.1) is 11.3 Å². The number of aryl methyl sites for hydroxylation is 1. The largest absolute Gasteiger partial charge is 0.461 e. The van der Waals surface area contributed by atoms with Gasteiger partial charge in [0.1, 0.15) is 5.82 Å². The molecule has 0 aliphatic rings. The van der Waals surface area contributed by atoms with Gasteiger partial charge in [0.15, 0.2) is 5.76 Å². The predicted molar refractivity (Wildman–Crippen MR) is 62.9 cm³/mol. The van der Waals surface area contributed by atoms with E-state index in [1.54, 1.807) is 19.1 Å². The van der Waals surface area contributed by atoms with Crippen molar-refractivity contribution >= 4 is 17.4 Å². The first kappa shape index (κ1) is 11.9. The van der Waals surface area contributed by atoms with Crippen molar-refractivity contribution in [2.75, 3.05) is 0 Å². The molecule has 0 atom stereocenters. The van der Waals surface area contributed by atoms with Crippen LogP contribution < -0.4 is 0 Å². The van der Waals surface area contributed by atoms with Crippen LogP contribution in [0.15, 0.2) is 34.9 Å².